The van der Waals surface area contributed by atoms with E-state index in [0.717, 1.165) is 12.5 Å². The predicted octanol–water partition coefficient (Wildman–Crippen LogP) is 2.26. The Morgan fingerprint density at radius 2 is 2.05 bits per heavy atom. The SMILES string of the molecule is O=C(NCC1CCOC1)c1ccc(C(=O)C(F)(F)F)s1. The maximum atomic E-state index is 12.2. The summed E-state index contributed by atoms with van der Waals surface area (Å²) in [5, 5.41) is 2.63. The molecule has 2 heterocycles. The van der Waals surface area contributed by atoms with Crippen LogP contribution in [0.1, 0.15) is 25.8 Å². The lowest BCUT2D eigenvalue weighted by atomic mass is 10.1. The van der Waals surface area contributed by atoms with Crippen LogP contribution in [0, 0.1) is 5.92 Å². The van der Waals surface area contributed by atoms with E-state index in [2.05, 4.69) is 5.32 Å². The van der Waals surface area contributed by atoms with E-state index in [9.17, 15) is 22.8 Å². The Morgan fingerprint density at radius 1 is 1.35 bits per heavy atom. The van der Waals surface area contributed by atoms with Crippen LogP contribution in [0.5, 0.6) is 0 Å². The Balaban J connectivity index is 1.94. The van der Waals surface area contributed by atoms with Gasteiger partial charge in [0.25, 0.3) is 11.7 Å². The molecular formula is C12H12F3NO3S. The highest BCUT2D eigenvalue weighted by Crippen LogP contribution is 2.26. The summed E-state index contributed by atoms with van der Waals surface area (Å²) in [5.74, 6) is -2.16. The van der Waals surface area contributed by atoms with Gasteiger partial charge in [0.05, 0.1) is 16.4 Å². The molecule has 0 bridgehead atoms. The molecule has 0 radical (unpaired) electrons. The highest BCUT2D eigenvalue weighted by Gasteiger charge is 2.40. The largest absolute Gasteiger partial charge is 0.455 e. The zero-order valence-corrected chi connectivity index (χ0v) is 11.1. The molecule has 1 amide bonds. The number of carbonyl (C=O) groups is 2. The molecule has 110 valence electrons. The number of hydrogen-bond donors (Lipinski definition) is 1. The highest BCUT2D eigenvalue weighted by molar-refractivity contribution is 7.16. The summed E-state index contributed by atoms with van der Waals surface area (Å²) in [7, 11) is 0. The molecule has 8 heteroatoms. The fourth-order valence-electron chi connectivity index (χ4n) is 1.79. The van der Waals surface area contributed by atoms with E-state index in [1.807, 2.05) is 0 Å². The van der Waals surface area contributed by atoms with Gasteiger partial charge >= 0.3 is 6.18 Å². The minimum absolute atomic E-state index is 0.0940. The second-order valence-electron chi connectivity index (χ2n) is 4.43. The number of Topliss-reactive ketones (excluding diaryl/α,β-unsaturated/α-hetero) is 1. The van der Waals surface area contributed by atoms with Gasteiger partial charge in [-0.25, -0.2) is 0 Å². The fourth-order valence-corrected chi connectivity index (χ4v) is 2.67. The minimum Gasteiger partial charge on any atom is -0.381 e. The summed E-state index contributed by atoms with van der Waals surface area (Å²) >= 11 is 0.546. The maximum Gasteiger partial charge on any atom is 0.455 e. The number of halogens is 3. The van der Waals surface area contributed by atoms with Gasteiger partial charge in [0.1, 0.15) is 0 Å². The molecule has 1 atom stereocenters. The molecule has 2 rings (SSSR count). The molecule has 1 saturated heterocycles. The Labute approximate surface area is 116 Å². The van der Waals surface area contributed by atoms with Crippen LogP contribution in [0.2, 0.25) is 0 Å². The summed E-state index contributed by atoms with van der Waals surface area (Å²) in [6.07, 6.45) is -4.07. The van der Waals surface area contributed by atoms with E-state index in [1.54, 1.807) is 0 Å². The van der Waals surface area contributed by atoms with Crippen LogP contribution >= 0.6 is 11.3 Å². The number of rotatable bonds is 4. The first-order valence-corrected chi connectivity index (χ1v) is 6.77. The van der Waals surface area contributed by atoms with Crippen molar-refractivity contribution in [1.29, 1.82) is 0 Å². The third-order valence-electron chi connectivity index (χ3n) is 2.89. The van der Waals surface area contributed by atoms with Crippen LogP contribution < -0.4 is 5.32 Å². The van der Waals surface area contributed by atoms with Gasteiger partial charge in [-0.1, -0.05) is 0 Å². The van der Waals surface area contributed by atoms with Crippen molar-refractivity contribution in [3.63, 3.8) is 0 Å². The van der Waals surface area contributed by atoms with Crippen LogP contribution in [0.25, 0.3) is 0 Å². The quantitative estimate of drug-likeness (QED) is 0.868. The number of nitrogens with one attached hydrogen (secondary N) is 1. The number of carbonyl (C=O) groups excluding carboxylic acids is 2. The molecule has 1 aromatic heterocycles. The third kappa shape index (κ3) is 3.57. The molecule has 0 aliphatic carbocycles. The van der Waals surface area contributed by atoms with Crippen LogP contribution in [-0.2, 0) is 4.74 Å². The lowest BCUT2D eigenvalue weighted by molar-refractivity contribution is -0.0882. The minimum atomic E-state index is -4.92. The number of amides is 1. The number of ketones is 1. The number of hydrogen-bond acceptors (Lipinski definition) is 4. The van der Waals surface area contributed by atoms with Crippen molar-refractivity contribution in [3.8, 4) is 0 Å². The van der Waals surface area contributed by atoms with Gasteiger partial charge in [-0.15, -0.1) is 11.3 Å². The van der Waals surface area contributed by atoms with E-state index in [-0.39, 0.29) is 10.8 Å². The van der Waals surface area contributed by atoms with E-state index in [0.29, 0.717) is 31.1 Å². The molecule has 0 aromatic carbocycles. The Bertz CT molecular complexity index is 506. The molecule has 1 unspecified atom stereocenters. The lowest BCUT2D eigenvalue weighted by Gasteiger charge is -2.08. The Kier molecular flexibility index (Phi) is 4.44. The first-order valence-electron chi connectivity index (χ1n) is 5.95. The average molecular weight is 307 g/mol. The lowest BCUT2D eigenvalue weighted by Crippen LogP contribution is -2.28. The van der Waals surface area contributed by atoms with Gasteiger partial charge in [-0.3, -0.25) is 9.59 Å². The van der Waals surface area contributed by atoms with Crippen molar-refractivity contribution in [2.24, 2.45) is 5.92 Å². The summed E-state index contributed by atoms with van der Waals surface area (Å²) in [6.45, 7) is 1.64. The molecule has 4 nitrogen and oxygen atoms in total. The number of alkyl halides is 3. The van der Waals surface area contributed by atoms with Gasteiger partial charge in [-0.05, 0) is 18.6 Å². The summed E-state index contributed by atoms with van der Waals surface area (Å²) < 4.78 is 41.9. The van der Waals surface area contributed by atoms with Gasteiger partial charge in [0.15, 0.2) is 0 Å². The highest BCUT2D eigenvalue weighted by atomic mass is 32.1. The van der Waals surface area contributed by atoms with Gasteiger partial charge in [-0.2, -0.15) is 13.2 Å². The van der Waals surface area contributed by atoms with Crippen LogP contribution in [0.3, 0.4) is 0 Å². The van der Waals surface area contributed by atoms with Crippen molar-refractivity contribution in [1.82, 2.24) is 5.32 Å². The molecule has 1 fully saturated rings. The zero-order valence-electron chi connectivity index (χ0n) is 10.3. The van der Waals surface area contributed by atoms with Gasteiger partial charge in [0, 0.05) is 19.1 Å². The first-order chi connectivity index (χ1) is 9.38. The van der Waals surface area contributed by atoms with E-state index in [1.165, 1.54) is 6.07 Å². The van der Waals surface area contributed by atoms with Crippen molar-refractivity contribution in [2.75, 3.05) is 19.8 Å². The van der Waals surface area contributed by atoms with Crippen LogP contribution in [-0.4, -0.2) is 37.6 Å². The van der Waals surface area contributed by atoms with E-state index >= 15 is 0 Å². The monoisotopic (exact) mass is 307 g/mol. The molecule has 1 aliphatic heterocycles. The van der Waals surface area contributed by atoms with Crippen molar-refractivity contribution in [3.05, 3.63) is 21.9 Å². The molecule has 1 N–H and O–H groups in total. The topological polar surface area (TPSA) is 55.4 Å². The van der Waals surface area contributed by atoms with Crippen molar-refractivity contribution < 1.29 is 27.5 Å². The van der Waals surface area contributed by atoms with Crippen LogP contribution in [0.15, 0.2) is 12.1 Å². The van der Waals surface area contributed by atoms with E-state index < -0.39 is 22.7 Å². The summed E-state index contributed by atoms with van der Waals surface area (Å²) in [6, 6.07) is 2.25. The number of thiophene rings is 1. The molecule has 1 aliphatic rings. The Morgan fingerprint density at radius 3 is 2.65 bits per heavy atom. The third-order valence-corrected chi connectivity index (χ3v) is 3.97. The maximum absolute atomic E-state index is 12.2. The molecule has 0 saturated carbocycles. The van der Waals surface area contributed by atoms with Crippen molar-refractivity contribution in [2.45, 2.75) is 12.6 Å². The van der Waals surface area contributed by atoms with Crippen molar-refractivity contribution >= 4 is 23.0 Å². The Hall–Kier alpha value is -1.41. The normalized spacial score (nSPS) is 19.1. The zero-order chi connectivity index (χ0) is 14.8. The average Bonchev–Trinajstić information content (AvgIpc) is 3.05. The van der Waals surface area contributed by atoms with Crippen LogP contribution in [0.4, 0.5) is 13.2 Å². The van der Waals surface area contributed by atoms with Gasteiger partial charge < -0.3 is 10.1 Å². The second-order valence-corrected chi connectivity index (χ2v) is 5.51. The second kappa shape index (κ2) is 5.92. The molecule has 0 spiro atoms. The summed E-state index contributed by atoms with van der Waals surface area (Å²) in [4.78, 5) is 22.4. The molecular weight excluding hydrogens is 295 g/mol. The molecule has 1 aromatic rings. The van der Waals surface area contributed by atoms with Gasteiger partial charge in [0.2, 0.25) is 0 Å². The number of ether oxygens (including phenoxy) is 1. The summed E-state index contributed by atoms with van der Waals surface area (Å²) in [5.41, 5.74) is 0. The van der Waals surface area contributed by atoms with E-state index in [4.69, 9.17) is 4.74 Å². The molecule has 20 heavy (non-hydrogen) atoms. The fraction of sp³-hybridized carbons (Fsp3) is 0.500. The predicted molar refractivity (Wildman–Crippen MR) is 66.0 cm³/mol. The first kappa shape index (κ1) is 15.0. The smallest absolute Gasteiger partial charge is 0.381 e. The standard InChI is InChI=1S/C12H12F3NO3S/c13-12(14,15)10(17)8-1-2-9(20-8)11(18)16-5-7-3-4-19-6-7/h1-2,7H,3-6H2,(H,16,18).